The number of nitrogens with zero attached hydrogens (tertiary/aromatic N) is 2. The number of rotatable bonds is 4. The summed E-state index contributed by atoms with van der Waals surface area (Å²) in [5, 5.41) is 11.8. The number of phenols is 1. The zero-order chi connectivity index (χ0) is 13.7. The van der Waals surface area contributed by atoms with Gasteiger partial charge >= 0.3 is 0 Å². The van der Waals surface area contributed by atoms with E-state index in [-0.39, 0.29) is 11.7 Å². The first kappa shape index (κ1) is 13.0. The minimum atomic E-state index is -0.688. The maximum Gasteiger partial charge on any atom is 0.242 e. The van der Waals surface area contributed by atoms with Crippen LogP contribution in [0, 0.1) is 0 Å². The van der Waals surface area contributed by atoms with Crippen molar-refractivity contribution >= 4 is 11.7 Å². The molecule has 1 heterocycles. The second-order valence-electron chi connectivity index (χ2n) is 4.06. The van der Waals surface area contributed by atoms with Crippen molar-refractivity contribution in [1.29, 1.82) is 0 Å². The van der Waals surface area contributed by atoms with Crippen LogP contribution in [-0.2, 0) is 11.2 Å². The second-order valence-corrected chi connectivity index (χ2v) is 4.06. The Kier molecular flexibility index (Phi) is 4.04. The van der Waals surface area contributed by atoms with Gasteiger partial charge in [0.25, 0.3) is 0 Å². The SMILES string of the molecule is NC(Cc1ccc(O)cc1)C(=O)Nc1cnccn1. The van der Waals surface area contributed by atoms with Gasteiger partial charge in [-0.1, -0.05) is 12.1 Å². The first-order chi connectivity index (χ1) is 9.15. The van der Waals surface area contributed by atoms with E-state index >= 15 is 0 Å². The zero-order valence-corrected chi connectivity index (χ0v) is 10.2. The lowest BCUT2D eigenvalue weighted by Gasteiger charge is -2.11. The minimum absolute atomic E-state index is 0.182. The van der Waals surface area contributed by atoms with Crippen LogP contribution in [0.15, 0.2) is 42.9 Å². The molecule has 1 aromatic carbocycles. The number of hydrogen-bond donors (Lipinski definition) is 3. The van der Waals surface area contributed by atoms with Crippen molar-refractivity contribution in [2.45, 2.75) is 12.5 Å². The maximum absolute atomic E-state index is 11.8. The van der Waals surface area contributed by atoms with Crippen molar-refractivity contribution in [2.75, 3.05) is 5.32 Å². The molecule has 0 radical (unpaired) electrons. The lowest BCUT2D eigenvalue weighted by molar-refractivity contribution is -0.117. The first-order valence-electron chi connectivity index (χ1n) is 5.75. The lowest BCUT2D eigenvalue weighted by Crippen LogP contribution is -2.37. The number of aromatic hydroxyl groups is 1. The molecule has 0 aliphatic rings. The van der Waals surface area contributed by atoms with E-state index in [0.717, 1.165) is 5.56 Å². The Balaban J connectivity index is 1.94. The fourth-order valence-electron chi connectivity index (χ4n) is 1.56. The molecule has 0 aliphatic carbocycles. The van der Waals surface area contributed by atoms with E-state index in [1.165, 1.54) is 18.6 Å². The van der Waals surface area contributed by atoms with Crippen molar-refractivity contribution in [2.24, 2.45) is 5.73 Å². The number of hydrogen-bond acceptors (Lipinski definition) is 5. The number of aromatic nitrogens is 2. The third-order valence-electron chi connectivity index (χ3n) is 2.54. The van der Waals surface area contributed by atoms with Crippen LogP contribution >= 0.6 is 0 Å². The number of carbonyl (C=O) groups excluding carboxylic acids is 1. The molecular weight excluding hydrogens is 244 g/mol. The summed E-state index contributed by atoms with van der Waals surface area (Å²) < 4.78 is 0. The Bertz CT molecular complexity index is 542. The number of amides is 1. The highest BCUT2D eigenvalue weighted by Crippen LogP contribution is 2.11. The molecule has 0 spiro atoms. The smallest absolute Gasteiger partial charge is 0.242 e. The van der Waals surface area contributed by atoms with Crippen LogP contribution in [0.3, 0.4) is 0 Å². The highest BCUT2D eigenvalue weighted by atomic mass is 16.3. The quantitative estimate of drug-likeness (QED) is 0.749. The molecule has 0 saturated heterocycles. The van der Waals surface area contributed by atoms with E-state index in [0.29, 0.717) is 12.2 Å². The molecule has 6 nitrogen and oxygen atoms in total. The number of carbonyl (C=O) groups is 1. The molecule has 6 heteroatoms. The highest BCUT2D eigenvalue weighted by molar-refractivity contribution is 5.93. The van der Waals surface area contributed by atoms with Gasteiger partial charge in [-0.15, -0.1) is 0 Å². The fraction of sp³-hybridized carbons (Fsp3) is 0.154. The van der Waals surface area contributed by atoms with Gasteiger partial charge in [-0.3, -0.25) is 9.78 Å². The van der Waals surface area contributed by atoms with Crippen molar-refractivity contribution in [3.8, 4) is 5.75 Å². The third kappa shape index (κ3) is 3.75. The van der Waals surface area contributed by atoms with Gasteiger partial charge in [0.15, 0.2) is 5.82 Å². The van der Waals surface area contributed by atoms with Gasteiger partial charge in [-0.25, -0.2) is 4.98 Å². The Hall–Kier alpha value is -2.47. The number of nitrogens with one attached hydrogen (secondary N) is 1. The summed E-state index contributed by atoms with van der Waals surface area (Å²) in [5.74, 6) is 0.226. The van der Waals surface area contributed by atoms with Gasteiger partial charge in [0.1, 0.15) is 5.75 Å². The molecule has 0 bridgehead atoms. The predicted molar refractivity (Wildman–Crippen MR) is 70.4 cm³/mol. The van der Waals surface area contributed by atoms with E-state index in [2.05, 4.69) is 15.3 Å². The first-order valence-corrected chi connectivity index (χ1v) is 5.75. The molecule has 0 aliphatic heterocycles. The second kappa shape index (κ2) is 5.92. The molecule has 2 rings (SSSR count). The van der Waals surface area contributed by atoms with Gasteiger partial charge in [-0.05, 0) is 24.1 Å². The Morgan fingerprint density at radius 2 is 2.05 bits per heavy atom. The van der Waals surface area contributed by atoms with Crippen LogP contribution in [0.4, 0.5) is 5.82 Å². The Labute approximate surface area is 110 Å². The van der Waals surface area contributed by atoms with Gasteiger partial charge in [0, 0.05) is 12.4 Å². The Morgan fingerprint density at radius 3 is 2.68 bits per heavy atom. The molecule has 0 saturated carbocycles. The molecule has 4 N–H and O–H groups in total. The molecule has 98 valence electrons. The number of nitrogens with two attached hydrogens (primary N) is 1. The van der Waals surface area contributed by atoms with Gasteiger partial charge < -0.3 is 16.2 Å². The van der Waals surface area contributed by atoms with Crippen LogP contribution < -0.4 is 11.1 Å². The standard InChI is InChI=1S/C13H14N4O2/c14-11(7-9-1-3-10(18)4-2-9)13(19)17-12-8-15-5-6-16-12/h1-6,8,11,18H,7,14H2,(H,16,17,19). The highest BCUT2D eigenvalue weighted by Gasteiger charge is 2.14. The number of anilines is 1. The third-order valence-corrected chi connectivity index (χ3v) is 2.54. The molecule has 0 fully saturated rings. The molecule has 1 aromatic heterocycles. The van der Waals surface area contributed by atoms with Crippen LogP contribution in [0.1, 0.15) is 5.56 Å². The normalized spacial score (nSPS) is 11.8. The summed E-state index contributed by atoms with van der Waals surface area (Å²) in [6, 6.07) is 5.88. The van der Waals surface area contributed by atoms with Crippen molar-refractivity contribution in [3.05, 3.63) is 48.4 Å². The number of phenolic OH excluding ortho intramolecular Hbond substituents is 1. The molecule has 1 amide bonds. The zero-order valence-electron chi connectivity index (χ0n) is 10.2. The summed E-state index contributed by atoms with van der Waals surface area (Å²) in [5.41, 5.74) is 6.69. The minimum Gasteiger partial charge on any atom is -0.508 e. The van der Waals surface area contributed by atoms with Gasteiger partial charge in [0.05, 0.1) is 12.2 Å². The number of benzene rings is 1. The molecule has 1 atom stereocenters. The topological polar surface area (TPSA) is 101 Å². The van der Waals surface area contributed by atoms with E-state index in [1.807, 2.05) is 0 Å². The summed E-state index contributed by atoms with van der Waals surface area (Å²) in [4.78, 5) is 19.6. The molecule has 2 aromatic rings. The van der Waals surface area contributed by atoms with Crippen LogP contribution in [0.5, 0.6) is 5.75 Å². The molecular formula is C13H14N4O2. The van der Waals surface area contributed by atoms with Gasteiger partial charge in [0.2, 0.25) is 5.91 Å². The molecule has 1 unspecified atom stereocenters. The average Bonchev–Trinajstić information content (AvgIpc) is 2.42. The Morgan fingerprint density at radius 1 is 1.32 bits per heavy atom. The largest absolute Gasteiger partial charge is 0.508 e. The summed E-state index contributed by atoms with van der Waals surface area (Å²) in [6.07, 6.45) is 4.84. The fourth-order valence-corrected chi connectivity index (χ4v) is 1.56. The van der Waals surface area contributed by atoms with E-state index in [4.69, 9.17) is 10.8 Å². The lowest BCUT2D eigenvalue weighted by atomic mass is 10.1. The summed E-state index contributed by atoms with van der Waals surface area (Å²) >= 11 is 0. The van der Waals surface area contributed by atoms with E-state index in [9.17, 15) is 4.79 Å². The monoisotopic (exact) mass is 258 g/mol. The van der Waals surface area contributed by atoms with Gasteiger partial charge in [-0.2, -0.15) is 0 Å². The predicted octanol–water partition coefficient (Wildman–Crippen LogP) is 0.691. The van der Waals surface area contributed by atoms with Crippen molar-refractivity contribution in [1.82, 2.24) is 9.97 Å². The van der Waals surface area contributed by atoms with Crippen LogP contribution in [0.25, 0.3) is 0 Å². The van der Waals surface area contributed by atoms with Crippen LogP contribution in [-0.4, -0.2) is 27.0 Å². The summed E-state index contributed by atoms with van der Waals surface area (Å²) in [7, 11) is 0. The average molecular weight is 258 g/mol. The van der Waals surface area contributed by atoms with E-state index < -0.39 is 6.04 Å². The van der Waals surface area contributed by atoms with Crippen molar-refractivity contribution < 1.29 is 9.90 Å². The van der Waals surface area contributed by atoms with Crippen LogP contribution in [0.2, 0.25) is 0 Å². The maximum atomic E-state index is 11.8. The van der Waals surface area contributed by atoms with E-state index in [1.54, 1.807) is 24.3 Å². The van der Waals surface area contributed by atoms with Crippen molar-refractivity contribution in [3.63, 3.8) is 0 Å². The summed E-state index contributed by atoms with van der Waals surface area (Å²) in [6.45, 7) is 0. The molecule has 19 heavy (non-hydrogen) atoms.